The Balaban J connectivity index is 2.12. The van der Waals surface area contributed by atoms with Crippen LogP contribution in [0.2, 0.25) is 0 Å². The van der Waals surface area contributed by atoms with E-state index in [0.29, 0.717) is 12.2 Å². The highest BCUT2D eigenvalue weighted by molar-refractivity contribution is 6.09. The lowest BCUT2D eigenvalue weighted by Gasteiger charge is -2.33. The molecule has 1 N–H and O–H groups in total. The van der Waals surface area contributed by atoms with Crippen LogP contribution in [0, 0.1) is 17.8 Å². The first kappa shape index (κ1) is 19.5. The summed E-state index contributed by atoms with van der Waals surface area (Å²) in [6.45, 7) is 7.90. The number of likely N-dealkylation sites (tertiary alicyclic amines) is 1. The minimum absolute atomic E-state index is 0.103. The number of rotatable bonds is 5. The summed E-state index contributed by atoms with van der Waals surface area (Å²) in [5.41, 5.74) is -0.520. The molecule has 0 spiro atoms. The van der Waals surface area contributed by atoms with E-state index >= 15 is 0 Å². The molecule has 2 fully saturated rings. The highest BCUT2D eigenvalue weighted by Gasteiger charge is 2.68. The molecule has 2 aliphatic heterocycles. The first-order valence-corrected chi connectivity index (χ1v) is 9.28. The van der Waals surface area contributed by atoms with Crippen LogP contribution in [-0.2, 0) is 19.1 Å². The molecule has 27 heavy (non-hydrogen) atoms. The topological polar surface area (TPSA) is 102 Å². The predicted octanol–water partition coefficient (Wildman–Crippen LogP) is 1.63. The Morgan fingerprint density at radius 1 is 1.33 bits per heavy atom. The maximum Gasteiger partial charge on any atom is 0.326 e. The van der Waals surface area contributed by atoms with E-state index in [1.807, 2.05) is 27.7 Å². The minimum atomic E-state index is -1.28. The fourth-order valence-corrected chi connectivity index (χ4v) is 4.40. The van der Waals surface area contributed by atoms with Gasteiger partial charge in [-0.15, -0.1) is 0 Å². The maximum atomic E-state index is 12.9. The Hall–Kier alpha value is -2.22. The number of hydrogen-bond acceptors (Lipinski definition) is 7. The van der Waals surface area contributed by atoms with Gasteiger partial charge in [-0.2, -0.15) is 0 Å². The number of esters is 1. The van der Waals surface area contributed by atoms with Crippen molar-refractivity contribution in [1.29, 1.82) is 0 Å². The Kier molecular flexibility index (Phi) is 4.88. The number of methoxy groups -OCH3 is 1. The Morgan fingerprint density at radius 2 is 2.00 bits per heavy atom. The van der Waals surface area contributed by atoms with E-state index in [-0.39, 0.29) is 23.7 Å². The fraction of sp³-hybridized carbons (Fsp3) is 0.684. The highest BCUT2D eigenvalue weighted by Crippen LogP contribution is 2.51. The van der Waals surface area contributed by atoms with Crippen molar-refractivity contribution in [3.8, 4) is 0 Å². The van der Waals surface area contributed by atoms with Crippen molar-refractivity contribution in [3.05, 3.63) is 17.5 Å². The smallest absolute Gasteiger partial charge is 0.326 e. The van der Waals surface area contributed by atoms with Crippen molar-refractivity contribution in [2.45, 2.75) is 51.6 Å². The second-order valence-electron chi connectivity index (χ2n) is 8.23. The lowest BCUT2D eigenvalue weighted by Crippen LogP contribution is -2.56. The zero-order chi connectivity index (χ0) is 20.1. The van der Waals surface area contributed by atoms with Gasteiger partial charge in [-0.3, -0.25) is 24.6 Å². The van der Waals surface area contributed by atoms with Crippen molar-refractivity contribution in [1.82, 2.24) is 15.4 Å². The summed E-state index contributed by atoms with van der Waals surface area (Å²) in [6.07, 6.45) is 0.370. The Labute approximate surface area is 158 Å². The fourth-order valence-electron chi connectivity index (χ4n) is 4.40. The zero-order valence-electron chi connectivity index (χ0n) is 16.6. The van der Waals surface area contributed by atoms with Gasteiger partial charge in [-0.1, -0.05) is 32.9 Å². The van der Waals surface area contributed by atoms with Gasteiger partial charge in [-0.05, 0) is 18.3 Å². The number of fused-ring (bicyclic) bond motifs is 1. The van der Waals surface area contributed by atoms with Crippen LogP contribution in [0.5, 0.6) is 0 Å². The summed E-state index contributed by atoms with van der Waals surface area (Å²) in [7, 11) is 2.75. The second kappa shape index (κ2) is 6.74. The molecule has 2 saturated heterocycles. The monoisotopic (exact) mass is 377 g/mol. The first-order valence-electron chi connectivity index (χ1n) is 9.28. The largest absolute Gasteiger partial charge is 0.468 e. The van der Waals surface area contributed by atoms with Gasteiger partial charge in [0, 0.05) is 13.1 Å². The average molecular weight is 377 g/mol. The molecule has 8 nitrogen and oxygen atoms in total. The minimum Gasteiger partial charge on any atom is -0.468 e. The van der Waals surface area contributed by atoms with Crippen LogP contribution in [0.15, 0.2) is 10.6 Å². The quantitative estimate of drug-likeness (QED) is 0.615. The Bertz CT molecular complexity index is 771. The molecule has 0 unspecified atom stereocenters. The third-order valence-electron chi connectivity index (χ3n) is 5.60. The molecule has 148 valence electrons. The van der Waals surface area contributed by atoms with Crippen molar-refractivity contribution in [2.24, 2.45) is 17.8 Å². The normalized spacial score (nSPS) is 30.5. The van der Waals surface area contributed by atoms with Gasteiger partial charge in [0.2, 0.25) is 11.8 Å². The van der Waals surface area contributed by atoms with Gasteiger partial charge in [0.15, 0.2) is 5.76 Å². The van der Waals surface area contributed by atoms with Crippen LogP contribution in [0.4, 0.5) is 0 Å². The standard InChI is InChI=1S/C19H27N3O5/c1-9(2)8-19(18(25)26-6)14-13(16(23)22(5)17(14)24)15(20-19)12-7-11(10(3)4)21-27-12/h7,9-10,13-15,20H,8H2,1-6H3/t13-,14-,15-,19-/m0/s1. The summed E-state index contributed by atoms with van der Waals surface area (Å²) >= 11 is 0. The van der Waals surface area contributed by atoms with Crippen molar-refractivity contribution in [2.75, 3.05) is 14.2 Å². The maximum absolute atomic E-state index is 12.9. The first-order chi connectivity index (χ1) is 12.6. The lowest BCUT2D eigenvalue weighted by atomic mass is 9.75. The summed E-state index contributed by atoms with van der Waals surface area (Å²) in [4.78, 5) is 39.7. The molecule has 0 radical (unpaired) electrons. The number of amides is 2. The molecule has 8 heteroatoms. The summed E-state index contributed by atoms with van der Waals surface area (Å²) < 4.78 is 10.6. The Morgan fingerprint density at radius 3 is 2.52 bits per heavy atom. The number of carbonyl (C=O) groups excluding carboxylic acids is 3. The van der Waals surface area contributed by atoms with Crippen LogP contribution in [0.25, 0.3) is 0 Å². The van der Waals surface area contributed by atoms with Crippen LogP contribution in [-0.4, -0.2) is 47.5 Å². The molecule has 1 aromatic rings. The molecular formula is C19H27N3O5. The molecule has 0 aliphatic carbocycles. The van der Waals surface area contributed by atoms with E-state index in [1.165, 1.54) is 14.2 Å². The lowest BCUT2D eigenvalue weighted by molar-refractivity contribution is -0.154. The van der Waals surface area contributed by atoms with Crippen LogP contribution >= 0.6 is 0 Å². The highest BCUT2D eigenvalue weighted by atomic mass is 16.5. The number of ether oxygens (including phenoxy) is 1. The van der Waals surface area contributed by atoms with Gasteiger partial charge in [0.1, 0.15) is 5.54 Å². The van der Waals surface area contributed by atoms with E-state index in [2.05, 4.69) is 10.5 Å². The van der Waals surface area contributed by atoms with E-state index in [4.69, 9.17) is 9.26 Å². The van der Waals surface area contributed by atoms with Crippen LogP contribution < -0.4 is 5.32 Å². The van der Waals surface area contributed by atoms with Crippen LogP contribution in [0.1, 0.15) is 57.5 Å². The van der Waals surface area contributed by atoms with Crippen molar-refractivity contribution >= 4 is 17.8 Å². The predicted molar refractivity (Wildman–Crippen MR) is 95.4 cm³/mol. The van der Waals surface area contributed by atoms with Gasteiger partial charge < -0.3 is 9.26 Å². The van der Waals surface area contributed by atoms with E-state index in [0.717, 1.165) is 10.6 Å². The summed E-state index contributed by atoms with van der Waals surface area (Å²) in [5, 5.41) is 7.33. The number of aromatic nitrogens is 1. The van der Waals surface area contributed by atoms with Gasteiger partial charge in [0.25, 0.3) is 0 Å². The SMILES string of the molecule is COC(=O)[C@@]1(CC(C)C)N[C@@H](c2cc(C(C)C)no2)[C@H]2C(=O)N(C)C(=O)[C@H]21. The number of imide groups is 1. The second-order valence-corrected chi connectivity index (χ2v) is 8.23. The van der Waals surface area contributed by atoms with Crippen molar-refractivity contribution in [3.63, 3.8) is 0 Å². The average Bonchev–Trinajstić information content (AvgIpc) is 3.27. The number of carbonyl (C=O) groups is 3. The third-order valence-corrected chi connectivity index (χ3v) is 5.60. The van der Waals surface area contributed by atoms with Crippen molar-refractivity contribution < 1.29 is 23.6 Å². The van der Waals surface area contributed by atoms with Crippen LogP contribution in [0.3, 0.4) is 0 Å². The number of hydrogen-bond donors (Lipinski definition) is 1. The molecular weight excluding hydrogens is 350 g/mol. The molecule has 3 rings (SSSR count). The molecule has 3 heterocycles. The molecule has 0 saturated carbocycles. The van der Waals surface area contributed by atoms with Gasteiger partial charge >= 0.3 is 5.97 Å². The third kappa shape index (κ3) is 2.86. The van der Waals surface area contributed by atoms with E-state index in [1.54, 1.807) is 6.07 Å². The molecule has 0 aromatic carbocycles. The zero-order valence-corrected chi connectivity index (χ0v) is 16.6. The van der Waals surface area contributed by atoms with E-state index in [9.17, 15) is 14.4 Å². The van der Waals surface area contributed by atoms with Gasteiger partial charge in [0.05, 0.1) is 30.7 Å². The van der Waals surface area contributed by atoms with E-state index < -0.39 is 29.4 Å². The molecule has 2 amide bonds. The summed E-state index contributed by atoms with van der Waals surface area (Å²) in [6, 6.07) is 1.17. The van der Waals surface area contributed by atoms with Gasteiger partial charge in [-0.25, -0.2) is 0 Å². The molecule has 2 aliphatic rings. The molecule has 0 bridgehead atoms. The molecule has 4 atom stereocenters. The molecule has 1 aromatic heterocycles. The number of nitrogens with one attached hydrogen (secondary N) is 1. The summed E-state index contributed by atoms with van der Waals surface area (Å²) in [5.74, 6) is -2.06. The number of nitrogens with zero attached hydrogens (tertiary/aromatic N) is 2.